The van der Waals surface area contributed by atoms with Gasteiger partial charge in [0.05, 0.1) is 11.0 Å². The highest BCUT2D eigenvalue weighted by Gasteiger charge is 2.23. The maximum Gasteiger partial charge on any atom is 0.181 e. The van der Waals surface area contributed by atoms with E-state index in [1.54, 1.807) is 0 Å². The summed E-state index contributed by atoms with van der Waals surface area (Å²) in [5.41, 5.74) is 7.07. The Bertz CT molecular complexity index is 2410. The minimum atomic E-state index is 0.749. The van der Waals surface area contributed by atoms with Crippen molar-refractivity contribution in [2.24, 2.45) is 0 Å². The number of aromatic nitrogens is 3. The number of furan rings is 2. The van der Waals surface area contributed by atoms with Crippen molar-refractivity contribution in [2.45, 2.75) is 0 Å². The van der Waals surface area contributed by atoms with Gasteiger partial charge in [0.2, 0.25) is 0 Å². The molecule has 182 valence electrons. The van der Waals surface area contributed by atoms with Crippen LogP contribution in [0.5, 0.6) is 0 Å². The van der Waals surface area contributed by atoms with Gasteiger partial charge < -0.3 is 8.83 Å². The van der Waals surface area contributed by atoms with Gasteiger partial charge in [-0.2, -0.15) is 0 Å². The molecule has 5 aromatic heterocycles. The van der Waals surface area contributed by atoms with Crippen LogP contribution in [0.1, 0.15) is 0 Å². The largest absolute Gasteiger partial charge is 0.454 e. The third kappa shape index (κ3) is 2.73. The number of pyridine rings is 2. The zero-order chi connectivity index (χ0) is 25.5. The van der Waals surface area contributed by atoms with Gasteiger partial charge in [0.25, 0.3) is 0 Å². The van der Waals surface area contributed by atoms with Gasteiger partial charge in [-0.05, 0) is 30.3 Å². The molecule has 0 unspecified atom stereocenters. The lowest BCUT2D eigenvalue weighted by atomic mass is 10.0. The third-order valence-corrected chi connectivity index (χ3v) is 7.73. The molecule has 0 saturated heterocycles. The molecule has 0 saturated carbocycles. The molecule has 39 heavy (non-hydrogen) atoms. The Morgan fingerprint density at radius 3 is 1.90 bits per heavy atom. The molecule has 0 fully saturated rings. The molecular formula is C34H19N3O2. The number of benzene rings is 4. The van der Waals surface area contributed by atoms with Crippen LogP contribution in [0.25, 0.3) is 82.8 Å². The number of nitrogens with zero attached hydrogens (tertiary/aromatic N) is 3. The molecule has 0 N–H and O–H groups in total. The van der Waals surface area contributed by atoms with E-state index < -0.39 is 0 Å². The lowest BCUT2D eigenvalue weighted by Crippen LogP contribution is -1.99. The molecule has 0 bridgehead atoms. The van der Waals surface area contributed by atoms with Crippen molar-refractivity contribution in [3.05, 3.63) is 116 Å². The molecule has 9 aromatic rings. The van der Waals surface area contributed by atoms with Crippen LogP contribution in [-0.2, 0) is 0 Å². The summed E-state index contributed by atoms with van der Waals surface area (Å²) >= 11 is 0. The van der Waals surface area contributed by atoms with Gasteiger partial charge in [0.15, 0.2) is 17.0 Å². The smallest absolute Gasteiger partial charge is 0.181 e. The van der Waals surface area contributed by atoms with Crippen molar-refractivity contribution in [3.63, 3.8) is 0 Å². The summed E-state index contributed by atoms with van der Waals surface area (Å²) in [6, 6.07) is 35.1. The normalized spacial score (nSPS) is 12.1. The number of hydrogen-bond donors (Lipinski definition) is 0. The van der Waals surface area contributed by atoms with Gasteiger partial charge >= 0.3 is 0 Å². The molecule has 0 aliphatic rings. The van der Waals surface area contributed by atoms with E-state index in [-0.39, 0.29) is 0 Å². The van der Waals surface area contributed by atoms with Gasteiger partial charge in [0, 0.05) is 50.3 Å². The molecule has 0 atom stereocenters. The lowest BCUT2D eigenvalue weighted by molar-refractivity contribution is 0.663. The Labute approximate surface area is 221 Å². The first kappa shape index (κ1) is 20.6. The maximum atomic E-state index is 6.44. The first-order valence-electron chi connectivity index (χ1n) is 12.9. The molecular weight excluding hydrogens is 482 g/mol. The SMILES string of the molecule is c1ccc2c(c1)oc1c(-c3cccc4c5ccccc5n(-c5nccc6c5oc5ccccc56)c34)nccc12. The summed E-state index contributed by atoms with van der Waals surface area (Å²) in [7, 11) is 0. The van der Waals surface area contributed by atoms with E-state index >= 15 is 0 Å². The third-order valence-electron chi connectivity index (χ3n) is 7.73. The van der Waals surface area contributed by atoms with E-state index in [1.165, 1.54) is 0 Å². The van der Waals surface area contributed by atoms with Crippen LogP contribution in [0.2, 0.25) is 0 Å². The summed E-state index contributed by atoms with van der Waals surface area (Å²) in [6.45, 7) is 0. The van der Waals surface area contributed by atoms with Crippen LogP contribution < -0.4 is 0 Å². The number of rotatable bonds is 2. The van der Waals surface area contributed by atoms with Gasteiger partial charge in [0.1, 0.15) is 16.9 Å². The molecule has 9 rings (SSSR count). The lowest BCUT2D eigenvalue weighted by Gasteiger charge is -2.11. The second kappa shape index (κ2) is 7.55. The minimum Gasteiger partial charge on any atom is -0.454 e. The molecule has 5 heteroatoms. The minimum absolute atomic E-state index is 0.749. The van der Waals surface area contributed by atoms with E-state index in [2.05, 4.69) is 59.2 Å². The average Bonchev–Trinajstić information content (AvgIpc) is 3.67. The fourth-order valence-electron chi connectivity index (χ4n) is 6.07. The molecule has 5 nitrogen and oxygen atoms in total. The molecule has 4 aromatic carbocycles. The van der Waals surface area contributed by atoms with Gasteiger partial charge in [-0.25, -0.2) is 4.98 Å². The molecule has 0 amide bonds. The molecule has 5 heterocycles. The fraction of sp³-hybridized carbons (Fsp3) is 0. The predicted molar refractivity (Wildman–Crippen MR) is 156 cm³/mol. The standard InChI is InChI=1S/C34H19N3O2/c1-4-13-27-20(8-1)23-11-7-12-26(30-32-24(16-18-35-30)21-9-2-5-14-28(21)38-32)31(23)37(27)34-33-25(17-19-36-34)22-10-3-6-15-29(22)39-33/h1-19H. The summed E-state index contributed by atoms with van der Waals surface area (Å²) in [5.74, 6) is 0.749. The van der Waals surface area contributed by atoms with Crippen molar-refractivity contribution in [1.29, 1.82) is 0 Å². The molecule has 0 radical (unpaired) electrons. The van der Waals surface area contributed by atoms with Crippen molar-refractivity contribution in [3.8, 4) is 17.1 Å². The first-order chi connectivity index (χ1) is 19.4. The molecule has 0 spiro atoms. The summed E-state index contributed by atoms with van der Waals surface area (Å²) in [4.78, 5) is 9.78. The van der Waals surface area contributed by atoms with Gasteiger partial charge in [-0.1, -0.05) is 72.8 Å². The summed E-state index contributed by atoms with van der Waals surface area (Å²) in [6.07, 6.45) is 3.73. The highest BCUT2D eigenvalue weighted by atomic mass is 16.3. The van der Waals surface area contributed by atoms with Crippen molar-refractivity contribution in [1.82, 2.24) is 14.5 Å². The van der Waals surface area contributed by atoms with Crippen LogP contribution in [0, 0.1) is 0 Å². The van der Waals surface area contributed by atoms with Crippen molar-refractivity contribution >= 4 is 65.7 Å². The highest BCUT2D eigenvalue weighted by molar-refractivity contribution is 6.17. The van der Waals surface area contributed by atoms with Crippen molar-refractivity contribution in [2.75, 3.05) is 0 Å². The zero-order valence-corrected chi connectivity index (χ0v) is 20.6. The molecule has 0 aliphatic heterocycles. The van der Waals surface area contributed by atoms with E-state index in [0.29, 0.717) is 0 Å². The van der Waals surface area contributed by atoms with E-state index in [4.69, 9.17) is 18.8 Å². The van der Waals surface area contributed by atoms with Crippen LogP contribution in [-0.4, -0.2) is 14.5 Å². The number of hydrogen-bond acceptors (Lipinski definition) is 4. The Balaban J connectivity index is 1.46. The first-order valence-corrected chi connectivity index (χ1v) is 12.9. The quantitative estimate of drug-likeness (QED) is 0.237. The fourth-order valence-corrected chi connectivity index (χ4v) is 6.07. The Hall–Kier alpha value is -5.42. The Kier molecular flexibility index (Phi) is 3.99. The summed E-state index contributed by atoms with van der Waals surface area (Å²) in [5, 5.41) is 6.50. The average molecular weight is 502 g/mol. The second-order valence-corrected chi connectivity index (χ2v) is 9.80. The maximum absolute atomic E-state index is 6.44. The number of para-hydroxylation sites is 4. The van der Waals surface area contributed by atoms with E-state index in [9.17, 15) is 0 Å². The Morgan fingerprint density at radius 2 is 1.10 bits per heavy atom. The predicted octanol–water partition coefficient (Wildman–Crippen LogP) is 9.04. The van der Waals surface area contributed by atoms with Crippen LogP contribution in [0.4, 0.5) is 0 Å². The van der Waals surface area contributed by atoms with Crippen LogP contribution in [0.15, 0.2) is 124 Å². The topological polar surface area (TPSA) is 57.0 Å². The van der Waals surface area contributed by atoms with E-state index in [0.717, 1.165) is 82.8 Å². The summed E-state index contributed by atoms with van der Waals surface area (Å²) < 4.78 is 15.1. The number of fused-ring (bicyclic) bond motifs is 9. The zero-order valence-electron chi connectivity index (χ0n) is 20.6. The highest BCUT2D eigenvalue weighted by Crippen LogP contribution is 2.42. The molecule has 0 aliphatic carbocycles. The van der Waals surface area contributed by atoms with Crippen LogP contribution >= 0.6 is 0 Å². The Morgan fingerprint density at radius 1 is 0.487 bits per heavy atom. The monoisotopic (exact) mass is 501 g/mol. The van der Waals surface area contributed by atoms with Gasteiger partial charge in [-0.3, -0.25) is 9.55 Å². The van der Waals surface area contributed by atoms with Gasteiger partial charge in [-0.15, -0.1) is 0 Å². The van der Waals surface area contributed by atoms with Crippen molar-refractivity contribution < 1.29 is 8.83 Å². The van der Waals surface area contributed by atoms with Crippen LogP contribution in [0.3, 0.4) is 0 Å². The van der Waals surface area contributed by atoms with E-state index in [1.807, 2.05) is 60.9 Å². The second-order valence-electron chi connectivity index (χ2n) is 9.80.